The molecule has 0 saturated carbocycles. The smallest absolute Gasteiger partial charge is 0.201 e. The molecule has 0 aliphatic carbocycles. The summed E-state index contributed by atoms with van der Waals surface area (Å²) in [5, 5.41) is 9.79. The molecule has 0 fully saturated rings. The van der Waals surface area contributed by atoms with Gasteiger partial charge in [-0.05, 0) is 12.1 Å². The van der Waals surface area contributed by atoms with Gasteiger partial charge in [-0.15, -0.1) is 0 Å². The molecule has 0 saturated heterocycles. The summed E-state index contributed by atoms with van der Waals surface area (Å²) in [6.07, 6.45) is 0. The Morgan fingerprint density at radius 3 is 2.00 bits per heavy atom. The van der Waals surface area contributed by atoms with Crippen LogP contribution in [0.2, 0.25) is 5.02 Å². The molecule has 0 spiro atoms. The van der Waals surface area contributed by atoms with Crippen molar-refractivity contribution in [3.8, 4) is 6.07 Å². The molecular weight excluding hydrogens is 322 g/mol. The molecule has 0 radical (unpaired) electrons. The number of halogens is 2. The SMILES string of the molecule is C[N+](C)(C)C(C#N)c1ccc(Cl)cc1.[I-]. The van der Waals surface area contributed by atoms with Gasteiger partial charge in [0.2, 0.25) is 6.04 Å². The molecule has 0 heterocycles. The third kappa shape index (κ3) is 3.98. The number of rotatable bonds is 2. The van der Waals surface area contributed by atoms with Gasteiger partial charge in [-0.1, -0.05) is 23.7 Å². The lowest BCUT2D eigenvalue weighted by atomic mass is 10.1. The van der Waals surface area contributed by atoms with E-state index >= 15 is 0 Å². The maximum absolute atomic E-state index is 9.09. The first-order valence-electron chi connectivity index (χ1n) is 4.41. The molecule has 1 unspecified atom stereocenters. The highest BCUT2D eigenvalue weighted by molar-refractivity contribution is 6.30. The molecule has 4 heteroatoms. The lowest BCUT2D eigenvalue weighted by molar-refractivity contribution is -0.893. The summed E-state index contributed by atoms with van der Waals surface area (Å²) in [6, 6.07) is 9.60. The van der Waals surface area contributed by atoms with Crippen LogP contribution in [-0.2, 0) is 0 Å². The van der Waals surface area contributed by atoms with E-state index in [1.165, 1.54) is 0 Å². The Morgan fingerprint density at radius 1 is 1.20 bits per heavy atom. The average molecular weight is 337 g/mol. The predicted octanol–water partition coefficient (Wildman–Crippen LogP) is -0.385. The fraction of sp³-hybridized carbons (Fsp3) is 0.364. The first-order valence-corrected chi connectivity index (χ1v) is 4.79. The zero-order chi connectivity index (χ0) is 10.8. The summed E-state index contributed by atoms with van der Waals surface area (Å²) in [5.74, 6) is 0. The van der Waals surface area contributed by atoms with Crippen molar-refractivity contribution in [1.82, 2.24) is 0 Å². The Kier molecular flexibility index (Phi) is 5.57. The van der Waals surface area contributed by atoms with Crippen molar-refractivity contribution in [2.75, 3.05) is 21.1 Å². The number of benzene rings is 1. The van der Waals surface area contributed by atoms with Gasteiger partial charge in [0, 0.05) is 10.6 Å². The Bertz CT molecular complexity index is 348. The number of nitriles is 1. The molecule has 0 aliphatic heterocycles. The van der Waals surface area contributed by atoms with Crippen LogP contribution in [0.3, 0.4) is 0 Å². The Balaban J connectivity index is 0.00000196. The second kappa shape index (κ2) is 5.69. The molecule has 0 bridgehead atoms. The monoisotopic (exact) mass is 336 g/mol. The van der Waals surface area contributed by atoms with Crippen molar-refractivity contribution >= 4 is 11.6 Å². The summed E-state index contributed by atoms with van der Waals surface area (Å²) in [5.41, 5.74) is 1.00. The largest absolute Gasteiger partial charge is 1.00 e. The molecule has 1 aromatic carbocycles. The maximum Gasteiger partial charge on any atom is 0.201 e. The third-order valence-corrected chi connectivity index (χ3v) is 2.33. The lowest BCUT2D eigenvalue weighted by Crippen LogP contribution is -3.00. The average Bonchev–Trinajstić information content (AvgIpc) is 2.07. The van der Waals surface area contributed by atoms with Gasteiger partial charge in [0.25, 0.3) is 0 Å². The molecule has 2 nitrogen and oxygen atoms in total. The molecule has 0 N–H and O–H groups in total. The van der Waals surface area contributed by atoms with E-state index in [0.29, 0.717) is 9.51 Å². The van der Waals surface area contributed by atoms with Gasteiger partial charge in [0.15, 0.2) is 0 Å². The molecular formula is C11H14ClIN2. The van der Waals surface area contributed by atoms with Crippen molar-refractivity contribution in [3.63, 3.8) is 0 Å². The normalized spacial score (nSPS) is 12.5. The van der Waals surface area contributed by atoms with E-state index in [1.54, 1.807) is 0 Å². The molecule has 0 aromatic heterocycles. The zero-order valence-electron chi connectivity index (χ0n) is 9.04. The van der Waals surface area contributed by atoms with Crippen LogP contribution in [0.15, 0.2) is 24.3 Å². The van der Waals surface area contributed by atoms with Crippen LogP contribution in [0.1, 0.15) is 11.6 Å². The fourth-order valence-electron chi connectivity index (χ4n) is 1.34. The molecule has 1 rings (SSSR count). The van der Waals surface area contributed by atoms with Crippen LogP contribution < -0.4 is 24.0 Å². The van der Waals surface area contributed by atoms with Crippen LogP contribution in [0.25, 0.3) is 0 Å². The van der Waals surface area contributed by atoms with E-state index in [-0.39, 0.29) is 30.0 Å². The molecule has 15 heavy (non-hydrogen) atoms. The topological polar surface area (TPSA) is 23.8 Å². The van der Waals surface area contributed by atoms with E-state index in [0.717, 1.165) is 5.56 Å². The summed E-state index contributed by atoms with van der Waals surface area (Å²) in [7, 11) is 6.01. The molecule has 82 valence electrons. The minimum atomic E-state index is -0.146. The van der Waals surface area contributed by atoms with Crippen LogP contribution in [0.4, 0.5) is 0 Å². The molecule has 1 atom stereocenters. The maximum atomic E-state index is 9.09. The van der Waals surface area contributed by atoms with E-state index in [4.69, 9.17) is 16.9 Å². The number of quaternary nitrogens is 1. The highest BCUT2D eigenvalue weighted by Crippen LogP contribution is 2.23. The minimum Gasteiger partial charge on any atom is -1.00 e. The quantitative estimate of drug-likeness (QED) is 0.533. The first kappa shape index (κ1) is 14.7. The minimum absolute atomic E-state index is 0. The summed E-state index contributed by atoms with van der Waals surface area (Å²) >= 11 is 5.79. The van der Waals surface area contributed by atoms with Gasteiger partial charge >= 0.3 is 0 Å². The van der Waals surface area contributed by atoms with Gasteiger partial charge in [0.05, 0.1) is 21.1 Å². The second-order valence-corrected chi connectivity index (χ2v) is 4.64. The molecule has 0 amide bonds. The van der Waals surface area contributed by atoms with Crippen molar-refractivity contribution in [2.24, 2.45) is 0 Å². The third-order valence-electron chi connectivity index (χ3n) is 2.08. The van der Waals surface area contributed by atoms with E-state index in [2.05, 4.69) is 6.07 Å². The number of hydrogen-bond donors (Lipinski definition) is 0. The van der Waals surface area contributed by atoms with Crippen molar-refractivity contribution in [2.45, 2.75) is 6.04 Å². The summed E-state index contributed by atoms with van der Waals surface area (Å²) in [4.78, 5) is 0. The number of hydrogen-bond acceptors (Lipinski definition) is 1. The van der Waals surface area contributed by atoms with Crippen molar-refractivity contribution in [1.29, 1.82) is 5.26 Å². The fourth-order valence-corrected chi connectivity index (χ4v) is 1.47. The van der Waals surface area contributed by atoms with Gasteiger partial charge in [-0.25, -0.2) is 0 Å². The summed E-state index contributed by atoms with van der Waals surface area (Å²) < 4.78 is 0.595. The zero-order valence-corrected chi connectivity index (χ0v) is 12.0. The van der Waals surface area contributed by atoms with Crippen LogP contribution >= 0.6 is 11.6 Å². The van der Waals surface area contributed by atoms with E-state index in [9.17, 15) is 0 Å². The molecule has 1 aromatic rings. The standard InChI is InChI=1S/C11H14ClN2.HI/c1-14(2,3)11(8-13)9-4-6-10(12)7-5-9;/h4-7,11H,1-3H3;1H/q+1;/p-1. The Hall–Kier alpha value is -0.310. The first-order chi connectivity index (χ1) is 6.45. The van der Waals surface area contributed by atoms with Gasteiger partial charge in [0.1, 0.15) is 6.07 Å². The Morgan fingerprint density at radius 2 is 1.67 bits per heavy atom. The van der Waals surface area contributed by atoms with E-state index in [1.807, 2.05) is 45.4 Å². The van der Waals surface area contributed by atoms with Crippen molar-refractivity contribution in [3.05, 3.63) is 34.9 Å². The van der Waals surface area contributed by atoms with Gasteiger partial charge in [-0.2, -0.15) is 5.26 Å². The van der Waals surface area contributed by atoms with Crippen LogP contribution in [0.5, 0.6) is 0 Å². The molecule has 0 aliphatic rings. The number of nitrogens with zero attached hydrogens (tertiary/aromatic N) is 2. The van der Waals surface area contributed by atoms with Gasteiger partial charge in [-0.3, -0.25) is 0 Å². The highest BCUT2D eigenvalue weighted by atomic mass is 127. The summed E-state index contributed by atoms with van der Waals surface area (Å²) in [6.45, 7) is 0. The van der Waals surface area contributed by atoms with Crippen LogP contribution in [0, 0.1) is 11.3 Å². The van der Waals surface area contributed by atoms with Crippen LogP contribution in [-0.4, -0.2) is 25.6 Å². The highest BCUT2D eigenvalue weighted by Gasteiger charge is 2.24. The Labute approximate surface area is 113 Å². The van der Waals surface area contributed by atoms with E-state index < -0.39 is 0 Å². The lowest BCUT2D eigenvalue weighted by Gasteiger charge is -2.29. The van der Waals surface area contributed by atoms with Crippen molar-refractivity contribution < 1.29 is 28.5 Å². The van der Waals surface area contributed by atoms with Gasteiger partial charge < -0.3 is 28.5 Å². The second-order valence-electron chi connectivity index (χ2n) is 4.20. The predicted molar refractivity (Wildman–Crippen MR) is 57.8 cm³/mol.